The number of anilines is 1. The molecule has 1 aliphatic heterocycles. The van der Waals surface area contributed by atoms with Crippen LogP contribution in [0.15, 0.2) is 79.0 Å². The number of hydrogen-bond donors (Lipinski definition) is 0. The minimum absolute atomic E-state index is 0.0462. The molecule has 0 unspecified atom stereocenters. The standard InChI is InChI=1S/C24H20N2O/c1-25-13-12-21-16-26(22-9-5-4-8-19(22)15-23(21)25)24(27)20-11-10-17-6-2-3-7-18(17)14-20/h2-14H,15-16H2,1H3. The molecular formula is C24H20N2O. The highest BCUT2D eigenvalue weighted by molar-refractivity contribution is 6.08. The summed E-state index contributed by atoms with van der Waals surface area (Å²) >= 11 is 0. The third-order valence-corrected chi connectivity index (χ3v) is 5.51. The van der Waals surface area contributed by atoms with E-state index in [1.165, 1.54) is 16.8 Å². The Balaban J connectivity index is 1.62. The van der Waals surface area contributed by atoms with Crippen LogP contribution in [-0.4, -0.2) is 10.5 Å². The van der Waals surface area contributed by atoms with E-state index in [9.17, 15) is 4.79 Å². The number of para-hydroxylation sites is 1. The smallest absolute Gasteiger partial charge is 0.258 e. The largest absolute Gasteiger partial charge is 0.354 e. The number of nitrogens with zero attached hydrogens (tertiary/aromatic N) is 2. The lowest BCUT2D eigenvalue weighted by Gasteiger charge is -2.23. The van der Waals surface area contributed by atoms with Gasteiger partial charge in [0.1, 0.15) is 0 Å². The summed E-state index contributed by atoms with van der Waals surface area (Å²) in [6.45, 7) is 0.596. The average molecular weight is 352 g/mol. The maximum atomic E-state index is 13.5. The molecule has 132 valence electrons. The fourth-order valence-electron chi connectivity index (χ4n) is 4.02. The number of carbonyl (C=O) groups excluding carboxylic acids is 1. The number of aromatic nitrogens is 1. The molecule has 0 atom stereocenters. The van der Waals surface area contributed by atoms with E-state index in [1.54, 1.807) is 0 Å². The van der Waals surface area contributed by atoms with Gasteiger partial charge in [0.05, 0.1) is 6.54 Å². The minimum atomic E-state index is 0.0462. The van der Waals surface area contributed by atoms with Gasteiger partial charge in [-0.05, 0) is 46.2 Å². The second-order valence-corrected chi connectivity index (χ2v) is 7.16. The van der Waals surface area contributed by atoms with Crippen molar-refractivity contribution < 1.29 is 4.79 Å². The fourth-order valence-corrected chi connectivity index (χ4v) is 4.02. The van der Waals surface area contributed by atoms with Crippen LogP contribution >= 0.6 is 0 Å². The summed E-state index contributed by atoms with van der Waals surface area (Å²) in [7, 11) is 2.07. The van der Waals surface area contributed by atoms with Gasteiger partial charge >= 0.3 is 0 Å². The first kappa shape index (κ1) is 15.9. The molecule has 0 N–H and O–H groups in total. The summed E-state index contributed by atoms with van der Waals surface area (Å²) in [5.41, 5.74) is 5.40. The molecule has 0 saturated carbocycles. The van der Waals surface area contributed by atoms with Crippen molar-refractivity contribution in [2.75, 3.05) is 4.90 Å². The minimum Gasteiger partial charge on any atom is -0.354 e. The number of rotatable bonds is 1. The zero-order chi connectivity index (χ0) is 18.4. The summed E-state index contributed by atoms with van der Waals surface area (Å²) in [5.74, 6) is 0.0462. The van der Waals surface area contributed by atoms with Crippen LogP contribution in [0.5, 0.6) is 0 Å². The summed E-state index contributed by atoms with van der Waals surface area (Å²) in [5, 5.41) is 2.24. The predicted molar refractivity (Wildman–Crippen MR) is 109 cm³/mol. The molecule has 1 amide bonds. The van der Waals surface area contributed by atoms with Crippen LogP contribution in [-0.2, 0) is 20.0 Å². The Hall–Kier alpha value is -3.33. The first-order valence-corrected chi connectivity index (χ1v) is 9.22. The van der Waals surface area contributed by atoms with E-state index < -0.39 is 0 Å². The van der Waals surface area contributed by atoms with E-state index in [0.717, 1.165) is 28.4 Å². The molecule has 0 radical (unpaired) electrons. The van der Waals surface area contributed by atoms with Crippen LogP contribution in [0.1, 0.15) is 27.2 Å². The van der Waals surface area contributed by atoms with Gasteiger partial charge in [-0.1, -0.05) is 48.5 Å². The number of benzene rings is 3. The summed E-state index contributed by atoms with van der Waals surface area (Å²) < 4.78 is 2.16. The lowest BCUT2D eigenvalue weighted by Crippen LogP contribution is -2.30. The van der Waals surface area contributed by atoms with Crippen molar-refractivity contribution in [3.63, 3.8) is 0 Å². The van der Waals surface area contributed by atoms with Crippen molar-refractivity contribution in [3.05, 3.63) is 101 Å². The third-order valence-electron chi connectivity index (χ3n) is 5.51. The quantitative estimate of drug-likeness (QED) is 0.477. The van der Waals surface area contributed by atoms with E-state index >= 15 is 0 Å². The zero-order valence-electron chi connectivity index (χ0n) is 15.2. The van der Waals surface area contributed by atoms with Crippen LogP contribution in [0.2, 0.25) is 0 Å². The molecule has 1 aliphatic rings. The van der Waals surface area contributed by atoms with E-state index in [1.807, 2.05) is 47.4 Å². The summed E-state index contributed by atoms with van der Waals surface area (Å²) in [6.07, 6.45) is 2.92. The molecular weight excluding hydrogens is 332 g/mol. The number of fused-ring (bicyclic) bond motifs is 3. The van der Waals surface area contributed by atoms with Gasteiger partial charge in [-0.15, -0.1) is 0 Å². The Kier molecular flexibility index (Phi) is 3.61. The summed E-state index contributed by atoms with van der Waals surface area (Å²) in [6, 6.07) is 24.5. The van der Waals surface area contributed by atoms with Crippen LogP contribution in [0.4, 0.5) is 5.69 Å². The van der Waals surface area contributed by atoms with Gasteiger partial charge in [0, 0.05) is 36.6 Å². The second-order valence-electron chi connectivity index (χ2n) is 7.16. The Morgan fingerprint density at radius 2 is 1.63 bits per heavy atom. The SMILES string of the molecule is Cn1ccc2c1Cc1ccccc1N(C(=O)c1ccc3ccccc3c1)C2. The van der Waals surface area contributed by atoms with Crippen LogP contribution in [0.3, 0.4) is 0 Å². The average Bonchev–Trinajstić information content (AvgIpc) is 2.96. The molecule has 0 bridgehead atoms. The molecule has 0 saturated heterocycles. The number of aryl methyl sites for hydroxylation is 1. The molecule has 2 heterocycles. The van der Waals surface area contributed by atoms with Gasteiger partial charge in [0.15, 0.2) is 0 Å². The maximum Gasteiger partial charge on any atom is 0.258 e. The normalized spacial score (nSPS) is 13.1. The molecule has 3 aromatic carbocycles. The van der Waals surface area contributed by atoms with Gasteiger partial charge in [0.25, 0.3) is 5.91 Å². The van der Waals surface area contributed by atoms with Crippen LogP contribution < -0.4 is 4.90 Å². The van der Waals surface area contributed by atoms with E-state index in [2.05, 4.69) is 48.1 Å². The zero-order valence-corrected chi connectivity index (χ0v) is 15.2. The highest BCUT2D eigenvalue weighted by Crippen LogP contribution is 2.32. The van der Waals surface area contributed by atoms with Crippen molar-refractivity contribution >= 4 is 22.4 Å². The lowest BCUT2D eigenvalue weighted by atomic mass is 10.0. The molecule has 27 heavy (non-hydrogen) atoms. The van der Waals surface area contributed by atoms with Crippen molar-refractivity contribution in [2.45, 2.75) is 13.0 Å². The van der Waals surface area contributed by atoms with Gasteiger partial charge in [-0.25, -0.2) is 0 Å². The van der Waals surface area contributed by atoms with Crippen molar-refractivity contribution in [3.8, 4) is 0 Å². The first-order chi connectivity index (χ1) is 13.2. The highest BCUT2D eigenvalue weighted by Gasteiger charge is 2.26. The van der Waals surface area contributed by atoms with E-state index in [4.69, 9.17) is 0 Å². The van der Waals surface area contributed by atoms with E-state index in [0.29, 0.717) is 6.54 Å². The Labute approximate surface area is 158 Å². The maximum absolute atomic E-state index is 13.5. The van der Waals surface area contributed by atoms with Crippen LogP contribution in [0.25, 0.3) is 10.8 Å². The lowest BCUT2D eigenvalue weighted by molar-refractivity contribution is 0.0985. The third kappa shape index (κ3) is 2.63. The van der Waals surface area contributed by atoms with Crippen molar-refractivity contribution in [1.82, 2.24) is 4.57 Å². The molecule has 3 nitrogen and oxygen atoms in total. The highest BCUT2D eigenvalue weighted by atomic mass is 16.2. The molecule has 5 rings (SSSR count). The second kappa shape index (κ2) is 6.13. The number of hydrogen-bond acceptors (Lipinski definition) is 1. The first-order valence-electron chi connectivity index (χ1n) is 9.22. The van der Waals surface area contributed by atoms with Gasteiger partial charge in [0.2, 0.25) is 0 Å². The van der Waals surface area contributed by atoms with Gasteiger partial charge in [-0.3, -0.25) is 4.79 Å². The number of amides is 1. The monoisotopic (exact) mass is 352 g/mol. The fraction of sp³-hybridized carbons (Fsp3) is 0.125. The summed E-state index contributed by atoms with van der Waals surface area (Å²) in [4.78, 5) is 15.4. The van der Waals surface area contributed by atoms with Gasteiger partial charge < -0.3 is 9.47 Å². The predicted octanol–water partition coefficient (Wildman–Crippen LogP) is 4.93. The molecule has 4 aromatic rings. The molecule has 3 heteroatoms. The Morgan fingerprint density at radius 1 is 0.852 bits per heavy atom. The molecule has 0 aliphatic carbocycles. The molecule has 1 aromatic heterocycles. The topological polar surface area (TPSA) is 25.2 Å². The number of carbonyl (C=O) groups is 1. The van der Waals surface area contributed by atoms with Crippen molar-refractivity contribution in [1.29, 1.82) is 0 Å². The van der Waals surface area contributed by atoms with Gasteiger partial charge in [-0.2, -0.15) is 0 Å². The Bertz CT molecular complexity index is 1170. The van der Waals surface area contributed by atoms with Crippen LogP contribution in [0, 0.1) is 0 Å². The Morgan fingerprint density at radius 3 is 2.52 bits per heavy atom. The van der Waals surface area contributed by atoms with E-state index in [-0.39, 0.29) is 5.91 Å². The molecule has 0 fully saturated rings. The van der Waals surface area contributed by atoms with Crippen molar-refractivity contribution in [2.24, 2.45) is 7.05 Å². The molecule has 0 spiro atoms.